The van der Waals surface area contributed by atoms with Crippen LogP contribution in [0.5, 0.6) is 0 Å². The van der Waals surface area contributed by atoms with Crippen LogP contribution in [-0.2, 0) is 0 Å². The summed E-state index contributed by atoms with van der Waals surface area (Å²) < 4.78 is 26.9. The van der Waals surface area contributed by atoms with Gasteiger partial charge in [-0.05, 0) is 24.5 Å². The van der Waals surface area contributed by atoms with Crippen molar-refractivity contribution in [3.63, 3.8) is 0 Å². The van der Waals surface area contributed by atoms with Crippen molar-refractivity contribution in [2.45, 2.75) is 26.3 Å². The van der Waals surface area contributed by atoms with Gasteiger partial charge < -0.3 is 5.32 Å². The van der Waals surface area contributed by atoms with Crippen molar-refractivity contribution in [3.05, 3.63) is 34.4 Å². The number of benzene rings is 1. The van der Waals surface area contributed by atoms with E-state index in [4.69, 9.17) is 11.6 Å². The van der Waals surface area contributed by atoms with Gasteiger partial charge in [-0.1, -0.05) is 41.4 Å². The van der Waals surface area contributed by atoms with Gasteiger partial charge in [-0.3, -0.25) is 4.79 Å². The van der Waals surface area contributed by atoms with Crippen LogP contribution < -0.4 is 5.32 Å². The Labute approximate surface area is 124 Å². The number of alkyl halides is 1. The van der Waals surface area contributed by atoms with Crippen LogP contribution in [0.4, 0.5) is 8.78 Å². The third-order valence-electron chi connectivity index (χ3n) is 2.80. The molecule has 0 aliphatic heterocycles. The molecule has 106 valence electrons. The molecule has 6 heteroatoms. The van der Waals surface area contributed by atoms with Gasteiger partial charge in [-0.25, -0.2) is 8.78 Å². The van der Waals surface area contributed by atoms with Crippen molar-refractivity contribution in [3.8, 4) is 0 Å². The first-order valence-electron chi connectivity index (χ1n) is 5.88. The summed E-state index contributed by atoms with van der Waals surface area (Å²) in [4.78, 5) is 11.9. The van der Waals surface area contributed by atoms with E-state index in [2.05, 4.69) is 21.2 Å². The standard InChI is InChI=1S/C13H15BrClF2NO/c1-7(2)12(3-4-14)18-13(19)8-5-11(17)9(15)6-10(8)16/h5-7,12H,3-4H2,1-2H3,(H,18,19). The van der Waals surface area contributed by atoms with Crippen molar-refractivity contribution < 1.29 is 13.6 Å². The molecule has 1 amide bonds. The van der Waals surface area contributed by atoms with E-state index in [0.717, 1.165) is 12.1 Å². The van der Waals surface area contributed by atoms with Gasteiger partial charge >= 0.3 is 0 Å². The van der Waals surface area contributed by atoms with E-state index >= 15 is 0 Å². The van der Waals surface area contributed by atoms with Crippen LogP contribution in [0.15, 0.2) is 12.1 Å². The van der Waals surface area contributed by atoms with Gasteiger partial charge in [0.15, 0.2) is 0 Å². The second-order valence-corrected chi connectivity index (χ2v) is 5.75. The highest BCUT2D eigenvalue weighted by Crippen LogP contribution is 2.20. The van der Waals surface area contributed by atoms with Crippen LogP contribution >= 0.6 is 27.5 Å². The first kappa shape index (κ1) is 16.4. The topological polar surface area (TPSA) is 29.1 Å². The number of amides is 1. The second-order valence-electron chi connectivity index (χ2n) is 4.55. The van der Waals surface area contributed by atoms with Crippen LogP contribution in [0, 0.1) is 17.6 Å². The van der Waals surface area contributed by atoms with E-state index in [1.54, 1.807) is 0 Å². The summed E-state index contributed by atoms with van der Waals surface area (Å²) in [6.07, 6.45) is 0.709. The average molecular weight is 355 g/mol. The van der Waals surface area contributed by atoms with Crippen molar-refractivity contribution >= 4 is 33.4 Å². The molecule has 1 unspecified atom stereocenters. The number of hydrogen-bond acceptors (Lipinski definition) is 1. The number of nitrogens with one attached hydrogen (secondary N) is 1. The lowest BCUT2D eigenvalue weighted by molar-refractivity contribution is 0.0920. The fourth-order valence-corrected chi connectivity index (χ4v) is 2.28. The number of hydrogen-bond donors (Lipinski definition) is 1. The maximum atomic E-state index is 13.6. The second kappa shape index (κ2) is 7.20. The molecular formula is C13H15BrClF2NO. The van der Waals surface area contributed by atoms with Gasteiger partial charge in [-0.15, -0.1) is 0 Å². The number of carbonyl (C=O) groups excluding carboxylic acids is 1. The van der Waals surface area contributed by atoms with Gasteiger partial charge in [0.1, 0.15) is 11.6 Å². The molecule has 1 N–H and O–H groups in total. The summed E-state index contributed by atoms with van der Waals surface area (Å²) in [5, 5.41) is 3.08. The van der Waals surface area contributed by atoms with Crippen molar-refractivity contribution in [1.29, 1.82) is 0 Å². The maximum absolute atomic E-state index is 13.6. The Morgan fingerprint density at radius 1 is 1.37 bits per heavy atom. The Hall–Kier alpha value is -0.680. The zero-order valence-electron chi connectivity index (χ0n) is 10.6. The number of halogens is 4. The van der Waals surface area contributed by atoms with Gasteiger partial charge in [-0.2, -0.15) is 0 Å². The predicted octanol–water partition coefficient (Wildman–Crippen LogP) is 4.16. The molecule has 1 rings (SSSR count). The lowest BCUT2D eigenvalue weighted by atomic mass is 10.0. The van der Waals surface area contributed by atoms with Crippen molar-refractivity contribution in [2.75, 3.05) is 5.33 Å². The molecule has 0 aromatic heterocycles. The lowest BCUT2D eigenvalue weighted by Crippen LogP contribution is -2.39. The molecule has 19 heavy (non-hydrogen) atoms. The molecule has 0 saturated carbocycles. The molecule has 0 heterocycles. The minimum atomic E-state index is -0.828. The normalized spacial score (nSPS) is 12.6. The van der Waals surface area contributed by atoms with E-state index in [1.807, 2.05) is 13.8 Å². The summed E-state index contributed by atoms with van der Waals surface area (Å²) in [6.45, 7) is 3.90. The largest absolute Gasteiger partial charge is 0.349 e. The van der Waals surface area contributed by atoms with Gasteiger partial charge in [0.05, 0.1) is 10.6 Å². The summed E-state index contributed by atoms with van der Waals surface area (Å²) in [7, 11) is 0. The Balaban J connectivity index is 2.91. The van der Waals surface area contributed by atoms with Crippen molar-refractivity contribution in [2.24, 2.45) is 5.92 Å². The highest BCUT2D eigenvalue weighted by Gasteiger charge is 2.20. The molecule has 0 saturated heterocycles. The highest BCUT2D eigenvalue weighted by molar-refractivity contribution is 9.09. The molecule has 0 aliphatic carbocycles. The molecule has 1 atom stereocenters. The first-order valence-corrected chi connectivity index (χ1v) is 7.38. The third-order valence-corrected chi connectivity index (χ3v) is 3.54. The van der Waals surface area contributed by atoms with Crippen LogP contribution in [0.25, 0.3) is 0 Å². The van der Waals surface area contributed by atoms with Gasteiger partial charge in [0, 0.05) is 11.4 Å². The van der Waals surface area contributed by atoms with Gasteiger partial charge in [0.25, 0.3) is 5.91 Å². The zero-order chi connectivity index (χ0) is 14.6. The van der Waals surface area contributed by atoms with Crippen molar-refractivity contribution in [1.82, 2.24) is 5.32 Å². The quantitative estimate of drug-likeness (QED) is 0.624. The van der Waals surface area contributed by atoms with Crippen LogP contribution in [0.1, 0.15) is 30.6 Å². The highest BCUT2D eigenvalue weighted by atomic mass is 79.9. The third kappa shape index (κ3) is 4.42. The SMILES string of the molecule is CC(C)C(CCBr)NC(=O)c1cc(F)c(Cl)cc1F. The minimum absolute atomic E-state index is 0.106. The maximum Gasteiger partial charge on any atom is 0.254 e. The summed E-state index contributed by atoms with van der Waals surface area (Å²) in [5.41, 5.74) is -0.331. The van der Waals surface area contributed by atoms with Crippen LogP contribution in [-0.4, -0.2) is 17.3 Å². The smallest absolute Gasteiger partial charge is 0.254 e. The molecule has 1 aromatic rings. The van der Waals surface area contributed by atoms with Crippen LogP contribution in [0.2, 0.25) is 5.02 Å². The Morgan fingerprint density at radius 3 is 2.53 bits per heavy atom. The molecular weight excluding hydrogens is 340 g/mol. The molecule has 0 fully saturated rings. The zero-order valence-corrected chi connectivity index (χ0v) is 13.0. The Bertz CT molecular complexity index is 468. The Morgan fingerprint density at radius 2 is 2.00 bits per heavy atom. The molecule has 1 aromatic carbocycles. The van der Waals surface area contributed by atoms with E-state index < -0.39 is 17.5 Å². The molecule has 0 radical (unpaired) electrons. The van der Waals surface area contributed by atoms with E-state index in [0.29, 0.717) is 11.8 Å². The number of rotatable bonds is 5. The number of carbonyl (C=O) groups is 1. The average Bonchev–Trinajstić information content (AvgIpc) is 2.32. The molecule has 0 aliphatic rings. The van der Waals surface area contributed by atoms with E-state index in [1.165, 1.54) is 0 Å². The predicted molar refractivity (Wildman–Crippen MR) is 75.9 cm³/mol. The first-order chi connectivity index (χ1) is 8.86. The summed E-state index contributed by atoms with van der Waals surface area (Å²) in [5.74, 6) is -2.07. The molecule has 0 bridgehead atoms. The van der Waals surface area contributed by atoms with E-state index in [-0.39, 0.29) is 22.5 Å². The molecule has 2 nitrogen and oxygen atoms in total. The minimum Gasteiger partial charge on any atom is -0.349 e. The molecule has 0 spiro atoms. The monoisotopic (exact) mass is 353 g/mol. The summed E-state index contributed by atoms with van der Waals surface area (Å²) >= 11 is 8.74. The Kier molecular flexibility index (Phi) is 6.20. The fraction of sp³-hybridized carbons (Fsp3) is 0.462. The van der Waals surface area contributed by atoms with Gasteiger partial charge in [0.2, 0.25) is 0 Å². The lowest BCUT2D eigenvalue weighted by Gasteiger charge is -2.21. The fourth-order valence-electron chi connectivity index (χ4n) is 1.63. The van der Waals surface area contributed by atoms with E-state index in [9.17, 15) is 13.6 Å². The summed E-state index contributed by atoms with van der Waals surface area (Å²) in [6, 6.07) is 1.52. The van der Waals surface area contributed by atoms with Crippen LogP contribution in [0.3, 0.4) is 0 Å².